The highest BCUT2D eigenvalue weighted by Crippen LogP contribution is 2.34. The molecule has 1 heterocycles. The zero-order chi connectivity index (χ0) is 24.8. The van der Waals surface area contributed by atoms with Gasteiger partial charge in [0.05, 0.1) is 23.3 Å². The first-order chi connectivity index (χ1) is 16.9. The lowest BCUT2D eigenvalue weighted by atomic mass is 10.2. The Bertz CT molecular complexity index is 1440. The van der Waals surface area contributed by atoms with E-state index >= 15 is 0 Å². The topological polar surface area (TPSA) is 96.9 Å². The SMILES string of the molecule is O=C(CNC(=O)c1sc2ccccc2c1Cl)N/N=C/c1ccc(OC(=O)c2ccccc2I)cc1. The molecule has 35 heavy (non-hydrogen) atoms. The molecule has 0 radical (unpaired) electrons. The van der Waals surface area contributed by atoms with E-state index in [9.17, 15) is 14.4 Å². The zero-order valence-corrected chi connectivity index (χ0v) is 21.7. The van der Waals surface area contributed by atoms with Crippen molar-refractivity contribution in [2.45, 2.75) is 0 Å². The summed E-state index contributed by atoms with van der Waals surface area (Å²) in [6.07, 6.45) is 1.44. The molecule has 4 aromatic rings. The monoisotopic (exact) mass is 617 g/mol. The van der Waals surface area contributed by atoms with Crippen molar-refractivity contribution in [3.8, 4) is 5.75 Å². The Balaban J connectivity index is 1.26. The predicted molar refractivity (Wildman–Crippen MR) is 145 cm³/mol. The van der Waals surface area contributed by atoms with Gasteiger partial charge in [0.2, 0.25) is 0 Å². The number of thiophene rings is 1. The van der Waals surface area contributed by atoms with Crippen molar-refractivity contribution in [3.63, 3.8) is 0 Å². The number of carbonyl (C=O) groups is 3. The molecular formula is C25H17ClIN3O4S. The van der Waals surface area contributed by atoms with Crippen molar-refractivity contribution < 1.29 is 19.1 Å². The molecule has 1 aromatic heterocycles. The van der Waals surface area contributed by atoms with Gasteiger partial charge in [-0.05, 0) is 70.6 Å². The molecular weight excluding hydrogens is 601 g/mol. The number of benzene rings is 3. The molecule has 0 saturated heterocycles. The lowest BCUT2D eigenvalue weighted by Gasteiger charge is -2.06. The van der Waals surface area contributed by atoms with Crippen LogP contribution in [0, 0.1) is 3.57 Å². The van der Waals surface area contributed by atoms with Crippen LogP contribution in [0.5, 0.6) is 5.75 Å². The number of nitrogens with zero attached hydrogens (tertiary/aromatic N) is 1. The Labute approximate surface area is 223 Å². The first kappa shape index (κ1) is 24.8. The van der Waals surface area contributed by atoms with Crippen molar-refractivity contribution in [3.05, 3.63) is 97.4 Å². The molecule has 4 rings (SSSR count). The second-order valence-corrected chi connectivity index (χ2v) is 9.75. The van der Waals surface area contributed by atoms with Crippen molar-refractivity contribution in [2.24, 2.45) is 5.10 Å². The van der Waals surface area contributed by atoms with Crippen LogP contribution in [0.15, 0.2) is 77.9 Å². The van der Waals surface area contributed by atoms with Crippen LogP contribution in [0.2, 0.25) is 5.02 Å². The summed E-state index contributed by atoms with van der Waals surface area (Å²) in [5.74, 6) is -0.971. The molecule has 0 bridgehead atoms. The maximum Gasteiger partial charge on any atom is 0.344 e. The molecule has 0 spiro atoms. The Morgan fingerprint density at radius 1 is 1.00 bits per heavy atom. The fourth-order valence-electron chi connectivity index (χ4n) is 3.03. The normalized spacial score (nSPS) is 10.9. The van der Waals surface area contributed by atoms with Gasteiger partial charge in [-0.1, -0.05) is 41.9 Å². The van der Waals surface area contributed by atoms with Crippen LogP contribution in [0.4, 0.5) is 0 Å². The fraction of sp³-hybridized carbons (Fsp3) is 0.0400. The third kappa shape index (κ3) is 6.24. The third-order valence-electron chi connectivity index (χ3n) is 4.74. The smallest absolute Gasteiger partial charge is 0.344 e. The summed E-state index contributed by atoms with van der Waals surface area (Å²) in [7, 11) is 0. The minimum absolute atomic E-state index is 0.256. The number of rotatable bonds is 7. The number of nitrogens with one attached hydrogen (secondary N) is 2. The Morgan fingerprint density at radius 2 is 1.71 bits per heavy atom. The number of ether oxygens (including phenoxy) is 1. The highest BCUT2D eigenvalue weighted by atomic mass is 127. The molecule has 2 N–H and O–H groups in total. The average Bonchev–Trinajstić information content (AvgIpc) is 3.20. The molecule has 2 amide bonds. The van der Waals surface area contributed by atoms with E-state index in [1.54, 1.807) is 36.4 Å². The molecule has 7 nitrogen and oxygen atoms in total. The van der Waals surface area contributed by atoms with E-state index in [4.69, 9.17) is 16.3 Å². The van der Waals surface area contributed by atoms with Gasteiger partial charge in [-0.2, -0.15) is 5.10 Å². The summed E-state index contributed by atoms with van der Waals surface area (Å²) in [5, 5.41) is 7.60. The second kappa shape index (κ2) is 11.4. The molecule has 0 saturated carbocycles. The van der Waals surface area contributed by atoms with Crippen LogP contribution in [-0.2, 0) is 4.79 Å². The Hall–Kier alpha value is -3.28. The first-order valence-electron chi connectivity index (χ1n) is 10.3. The third-order valence-corrected chi connectivity index (χ3v) is 7.35. The van der Waals surface area contributed by atoms with Gasteiger partial charge in [0.15, 0.2) is 0 Å². The van der Waals surface area contributed by atoms with Gasteiger partial charge in [0, 0.05) is 13.7 Å². The van der Waals surface area contributed by atoms with Crippen LogP contribution in [-0.4, -0.2) is 30.5 Å². The summed E-state index contributed by atoms with van der Waals surface area (Å²) in [6, 6.07) is 21.2. The van der Waals surface area contributed by atoms with Crippen LogP contribution in [0.1, 0.15) is 25.6 Å². The summed E-state index contributed by atoms with van der Waals surface area (Å²) in [4.78, 5) is 37.1. The first-order valence-corrected chi connectivity index (χ1v) is 12.5. The van der Waals surface area contributed by atoms with Crippen molar-refractivity contribution in [2.75, 3.05) is 6.54 Å². The maximum absolute atomic E-state index is 12.4. The minimum atomic E-state index is -0.491. The molecule has 0 unspecified atom stereocenters. The van der Waals surface area contributed by atoms with Gasteiger partial charge in [0.1, 0.15) is 10.6 Å². The van der Waals surface area contributed by atoms with Gasteiger partial charge < -0.3 is 10.1 Å². The lowest BCUT2D eigenvalue weighted by Crippen LogP contribution is -2.34. The number of hydrogen-bond acceptors (Lipinski definition) is 6. The summed E-state index contributed by atoms with van der Waals surface area (Å²) in [5.41, 5.74) is 3.52. The number of hydrogen-bond donors (Lipinski definition) is 2. The van der Waals surface area contributed by atoms with Gasteiger partial charge in [-0.15, -0.1) is 11.3 Å². The van der Waals surface area contributed by atoms with Gasteiger partial charge >= 0.3 is 5.97 Å². The highest BCUT2D eigenvalue weighted by Gasteiger charge is 2.17. The molecule has 3 aromatic carbocycles. The van der Waals surface area contributed by atoms with E-state index in [0.717, 1.165) is 13.7 Å². The summed E-state index contributed by atoms with van der Waals surface area (Å²) < 4.78 is 7.09. The van der Waals surface area contributed by atoms with E-state index in [0.29, 0.717) is 26.8 Å². The predicted octanol–water partition coefficient (Wildman–Crippen LogP) is 5.26. The molecule has 0 aliphatic carbocycles. The van der Waals surface area contributed by atoms with Gasteiger partial charge in [-0.3, -0.25) is 9.59 Å². The molecule has 0 fully saturated rings. The Kier molecular flexibility index (Phi) is 8.11. The number of carbonyl (C=O) groups excluding carboxylic acids is 3. The largest absolute Gasteiger partial charge is 0.423 e. The number of hydrazone groups is 1. The number of fused-ring (bicyclic) bond motifs is 1. The van der Waals surface area contributed by atoms with E-state index in [2.05, 4.69) is 38.4 Å². The Morgan fingerprint density at radius 3 is 2.46 bits per heavy atom. The molecule has 176 valence electrons. The molecule has 0 aliphatic rings. The van der Waals surface area contributed by atoms with Crippen LogP contribution in [0.3, 0.4) is 0 Å². The van der Waals surface area contributed by atoms with E-state index in [-0.39, 0.29) is 6.54 Å². The van der Waals surface area contributed by atoms with Crippen LogP contribution < -0.4 is 15.5 Å². The quantitative estimate of drug-likeness (QED) is 0.0973. The van der Waals surface area contributed by atoms with Gasteiger partial charge in [-0.25, -0.2) is 10.2 Å². The highest BCUT2D eigenvalue weighted by molar-refractivity contribution is 14.1. The summed E-state index contributed by atoms with van der Waals surface area (Å²) >= 11 is 9.64. The standard InChI is InChI=1S/C25H17ClIN3O4S/c26-22-18-6-2-4-8-20(18)35-23(22)24(32)28-14-21(31)30-29-13-15-9-11-16(12-10-15)34-25(33)17-5-1-3-7-19(17)27/h1-13H,14H2,(H,28,32)(H,30,31)/b29-13+. The number of halogens is 2. The second-order valence-electron chi connectivity index (χ2n) is 7.16. The number of amides is 2. The average molecular weight is 618 g/mol. The molecule has 0 aliphatic heterocycles. The van der Waals surface area contributed by atoms with E-state index < -0.39 is 17.8 Å². The molecule has 10 heteroatoms. The number of esters is 1. The zero-order valence-electron chi connectivity index (χ0n) is 18.0. The van der Waals surface area contributed by atoms with Crippen LogP contribution >= 0.6 is 45.5 Å². The minimum Gasteiger partial charge on any atom is -0.423 e. The van der Waals surface area contributed by atoms with Gasteiger partial charge in [0.25, 0.3) is 11.8 Å². The fourth-order valence-corrected chi connectivity index (χ4v) is 5.07. The van der Waals surface area contributed by atoms with Crippen molar-refractivity contribution in [1.82, 2.24) is 10.7 Å². The van der Waals surface area contributed by atoms with Crippen molar-refractivity contribution in [1.29, 1.82) is 0 Å². The van der Waals surface area contributed by atoms with E-state index in [1.165, 1.54) is 17.6 Å². The van der Waals surface area contributed by atoms with Crippen LogP contribution in [0.25, 0.3) is 10.1 Å². The maximum atomic E-state index is 12.4. The lowest BCUT2D eigenvalue weighted by molar-refractivity contribution is -0.120. The molecule has 0 atom stereocenters. The summed E-state index contributed by atoms with van der Waals surface area (Å²) in [6.45, 7) is -0.256. The van der Waals surface area contributed by atoms with E-state index in [1.807, 2.05) is 36.4 Å². The van der Waals surface area contributed by atoms with Crippen molar-refractivity contribution >= 4 is 79.6 Å².